The van der Waals surface area contributed by atoms with E-state index in [1.165, 1.54) is 20.0 Å². The van der Waals surface area contributed by atoms with Crippen LogP contribution in [-0.2, 0) is 11.2 Å². The van der Waals surface area contributed by atoms with Gasteiger partial charge in [0.25, 0.3) is 0 Å². The van der Waals surface area contributed by atoms with Crippen molar-refractivity contribution in [3.8, 4) is 5.88 Å². The summed E-state index contributed by atoms with van der Waals surface area (Å²) >= 11 is 0. The monoisotopic (exact) mass is 384 g/mol. The van der Waals surface area contributed by atoms with Gasteiger partial charge < -0.3 is 15.8 Å². The lowest BCUT2D eigenvalue weighted by Crippen LogP contribution is -2.29. The Bertz CT molecular complexity index is 994. The van der Waals surface area contributed by atoms with Crippen molar-refractivity contribution in [1.82, 2.24) is 19.9 Å². The Kier molecular flexibility index (Phi) is 5.16. The van der Waals surface area contributed by atoms with Gasteiger partial charge in [-0.2, -0.15) is 0 Å². The van der Waals surface area contributed by atoms with E-state index in [-0.39, 0.29) is 5.82 Å². The Balaban J connectivity index is 2.06. The maximum absolute atomic E-state index is 14.1. The van der Waals surface area contributed by atoms with E-state index in [2.05, 4.69) is 25.3 Å². The first kappa shape index (κ1) is 19.9. The smallest absolute Gasteiger partial charge is 0.222 e. The average molecular weight is 384 g/mol. The molecule has 148 valence electrons. The number of alkyl halides is 1. The number of nitrogens with zero attached hydrogens (tertiary/aromatic N) is 4. The van der Waals surface area contributed by atoms with Crippen LogP contribution in [0.5, 0.6) is 5.88 Å². The van der Waals surface area contributed by atoms with Gasteiger partial charge in [0.05, 0.1) is 12.0 Å². The highest BCUT2D eigenvalue weighted by molar-refractivity contribution is 5.91. The summed E-state index contributed by atoms with van der Waals surface area (Å²) in [7, 11) is 0. The summed E-state index contributed by atoms with van der Waals surface area (Å²) in [5, 5.41) is 4.76. The lowest BCUT2D eigenvalue weighted by Gasteiger charge is -2.22. The van der Waals surface area contributed by atoms with E-state index < -0.39 is 11.2 Å². The summed E-state index contributed by atoms with van der Waals surface area (Å²) in [5.41, 5.74) is 4.96. The zero-order valence-electron chi connectivity index (χ0n) is 16.7. The van der Waals surface area contributed by atoms with Crippen LogP contribution in [0.25, 0.3) is 10.8 Å². The topological polar surface area (TPSA) is 98.8 Å². The minimum absolute atomic E-state index is 0.102. The van der Waals surface area contributed by atoms with Crippen molar-refractivity contribution < 1.29 is 9.13 Å². The van der Waals surface area contributed by atoms with Crippen molar-refractivity contribution in [1.29, 1.82) is 0 Å². The third kappa shape index (κ3) is 4.17. The number of anilines is 2. The lowest BCUT2D eigenvalue weighted by molar-refractivity contribution is 0.206. The minimum Gasteiger partial charge on any atom is -0.477 e. The molecule has 0 unspecified atom stereocenters. The molecule has 0 fully saturated rings. The number of pyridine rings is 2. The van der Waals surface area contributed by atoms with Gasteiger partial charge in [0.1, 0.15) is 11.6 Å². The molecule has 3 rings (SSSR count). The van der Waals surface area contributed by atoms with Crippen LogP contribution in [0.2, 0.25) is 0 Å². The van der Waals surface area contributed by atoms with Crippen LogP contribution in [0.15, 0.2) is 30.7 Å². The molecule has 0 atom stereocenters. The summed E-state index contributed by atoms with van der Waals surface area (Å²) in [6.07, 6.45) is 4.93. The molecular formula is C20H25FN6O. The second-order valence-corrected chi connectivity index (χ2v) is 7.61. The highest BCUT2D eigenvalue weighted by atomic mass is 19.1. The number of fused-ring (bicyclic) bond motifs is 1. The molecule has 0 aliphatic carbocycles. The molecule has 0 aliphatic rings. The first-order chi connectivity index (χ1) is 13.1. The number of nitrogens with two attached hydrogens (primary N) is 1. The summed E-state index contributed by atoms with van der Waals surface area (Å²) in [5.74, 6) is 1.61. The number of ether oxygens (including phenoxy) is 1. The minimum atomic E-state index is -1.64. The molecule has 28 heavy (non-hydrogen) atoms. The van der Waals surface area contributed by atoms with Gasteiger partial charge >= 0.3 is 0 Å². The molecule has 0 saturated carbocycles. The average Bonchev–Trinajstić information content (AvgIpc) is 2.60. The van der Waals surface area contributed by atoms with E-state index in [0.717, 1.165) is 16.3 Å². The van der Waals surface area contributed by atoms with E-state index in [1.54, 1.807) is 18.5 Å². The predicted octanol–water partition coefficient (Wildman–Crippen LogP) is 3.96. The van der Waals surface area contributed by atoms with Crippen molar-refractivity contribution in [3.05, 3.63) is 42.1 Å². The van der Waals surface area contributed by atoms with Crippen LogP contribution in [-0.4, -0.2) is 26.5 Å². The summed E-state index contributed by atoms with van der Waals surface area (Å²) in [4.78, 5) is 17.1. The largest absolute Gasteiger partial charge is 0.477 e. The third-order valence-corrected chi connectivity index (χ3v) is 4.15. The molecule has 0 radical (unpaired) electrons. The Morgan fingerprint density at radius 1 is 1.07 bits per heavy atom. The fourth-order valence-electron chi connectivity index (χ4n) is 2.79. The molecule has 3 N–H and O–H groups in total. The van der Waals surface area contributed by atoms with Crippen LogP contribution < -0.4 is 15.8 Å². The molecule has 3 aromatic heterocycles. The van der Waals surface area contributed by atoms with Gasteiger partial charge in [-0.15, -0.1) is 0 Å². The summed E-state index contributed by atoms with van der Waals surface area (Å²) < 4.78 is 19.8. The van der Waals surface area contributed by atoms with E-state index >= 15 is 0 Å². The maximum Gasteiger partial charge on any atom is 0.222 e. The van der Waals surface area contributed by atoms with Gasteiger partial charge in [0.15, 0.2) is 11.5 Å². The van der Waals surface area contributed by atoms with Gasteiger partial charge in [-0.3, -0.25) is 0 Å². The zero-order chi connectivity index (χ0) is 20.5. The molecule has 8 heteroatoms. The second kappa shape index (κ2) is 7.27. The van der Waals surface area contributed by atoms with Gasteiger partial charge in [0, 0.05) is 24.1 Å². The van der Waals surface area contributed by atoms with E-state index in [9.17, 15) is 4.39 Å². The number of aromatic nitrogens is 4. The molecule has 3 heterocycles. The van der Waals surface area contributed by atoms with E-state index in [1.807, 2.05) is 26.8 Å². The molecule has 0 aromatic carbocycles. The highest BCUT2D eigenvalue weighted by Crippen LogP contribution is 2.32. The molecule has 0 aliphatic heterocycles. The van der Waals surface area contributed by atoms with Crippen LogP contribution >= 0.6 is 0 Å². The van der Waals surface area contributed by atoms with E-state index in [4.69, 9.17) is 10.5 Å². The van der Waals surface area contributed by atoms with Crippen molar-refractivity contribution in [2.24, 2.45) is 5.73 Å². The standard InChI is InChI=1S/C20H25FN6O/c1-6-28-17-13-10-24-16(9-12(13)14(11-25-17)20(4,5)22)26-15-7-8-23-18(27-15)19(2,3)21/h7-11H,6,22H2,1-5H3,(H,23,24,26,27). The van der Waals surface area contributed by atoms with Crippen molar-refractivity contribution in [2.45, 2.75) is 45.8 Å². The zero-order valence-corrected chi connectivity index (χ0v) is 16.7. The van der Waals surface area contributed by atoms with Crippen LogP contribution in [0.3, 0.4) is 0 Å². The lowest BCUT2D eigenvalue weighted by atomic mass is 9.93. The Hall–Kier alpha value is -2.87. The molecule has 0 saturated heterocycles. The number of hydrogen-bond acceptors (Lipinski definition) is 7. The van der Waals surface area contributed by atoms with Gasteiger partial charge in [-0.05, 0) is 57.7 Å². The second-order valence-electron chi connectivity index (χ2n) is 7.61. The number of halogens is 1. The quantitative estimate of drug-likeness (QED) is 0.663. The van der Waals surface area contributed by atoms with Crippen LogP contribution in [0, 0.1) is 0 Å². The van der Waals surface area contributed by atoms with Crippen molar-refractivity contribution in [3.63, 3.8) is 0 Å². The Morgan fingerprint density at radius 3 is 2.46 bits per heavy atom. The molecule has 3 aromatic rings. The fraction of sp³-hybridized carbons (Fsp3) is 0.400. The predicted molar refractivity (Wildman–Crippen MR) is 107 cm³/mol. The SMILES string of the molecule is CCOc1ncc(C(C)(C)N)c2cc(Nc3ccnc(C(C)(C)F)n3)ncc12. The normalized spacial score (nSPS) is 12.2. The molecule has 7 nitrogen and oxygen atoms in total. The Morgan fingerprint density at radius 2 is 1.82 bits per heavy atom. The molecule has 0 spiro atoms. The van der Waals surface area contributed by atoms with Gasteiger partial charge in [-0.25, -0.2) is 24.3 Å². The summed E-state index contributed by atoms with van der Waals surface area (Å²) in [6, 6.07) is 3.53. The molecule has 0 bridgehead atoms. The Labute approximate surface area is 163 Å². The maximum atomic E-state index is 14.1. The van der Waals surface area contributed by atoms with Crippen molar-refractivity contribution >= 4 is 22.4 Å². The van der Waals surface area contributed by atoms with Gasteiger partial charge in [0.2, 0.25) is 5.88 Å². The highest BCUT2D eigenvalue weighted by Gasteiger charge is 2.23. The number of rotatable bonds is 6. The van der Waals surface area contributed by atoms with Crippen LogP contribution in [0.4, 0.5) is 16.0 Å². The van der Waals surface area contributed by atoms with Crippen molar-refractivity contribution in [2.75, 3.05) is 11.9 Å². The number of hydrogen-bond donors (Lipinski definition) is 2. The first-order valence-corrected chi connectivity index (χ1v) is 9.10. The first-order valence-electron chi connectivity index (χ1n) is 9.10. The van der Waals surface area contributed by atoms with Crippen LogP contribution in [0.1, 0.15) is 46.0 Å². The molecular weight excluding hydrogens is 359 g/mol. The third-order valence-electron chi connectivity index (χ3n) is 4.15. The number of nitrogens with one attached hydrogen (secondary N) is 1. The fourth-order valence-corrected chi connectivity index (χ4v) is 2.79. The van der Waals surface area contributed by atoms with E-state index in [0.29, 0.717) is 24.1 Å². The van der Waals surface area contributed by atoms with Gasteiger partial charge in [-0.1, -0.05) is 0 Å². The summed E-state index contributed by atoms with van der Waals surface area (Å²) in [6.45, 7) is 9.05. The molecule has 0 amide bonds.